The third-order valence-corrected chi connectivity index (χ3v) is 3.26. The largest absolute Gasteiger partial charge is 0.355 e. The van der Waals surface area contributed by atoms with Crippen molar-refractivity contribution < 1.29 is 9.59 Å². The molecule has 4 heteroatoms. The van der Waals surface area contributed by atoms with Crippen LogP contribution in [-0.2, 0) is 16.0 Å². The molecule has 0 saturated carbocycles. The van der Waals surface area contributed by atoms with E-state index in [0.717, 1.165) is 10.0 Å². The Bertz CT molecular complexity index is 414. The van der Waals surface area contributed by atoms with E-state index < -0.39 is 5.92 Å². The van der Waals surface area contributed by atoms with E-state index >= 15 is 0 Å². The van der Waals surface area contributed by atoms with Gasteiger partial charge in [0, 0.05) is 17.4 Å². The predicted molar refractivity (Wildman–Crippen MR) is 64.0 cm³/mol. The minimum Gasteiger partial charge on any atom is -0.355 e. The van der Waals surface area contributed by atoms with Crippen molar-refractivity contribution in [3.05, 3.63) is 34.3 Å². The molecule has 0 aliphatic carbocycles. The quantitative estimate of drug-likeness (QED) is 0.858. The van der Waals surface area contributed by atoms with E-state index in [-0.39, 0.29) is 11.7 Å². The van der Waals surface area contributed by atoms with Crippen LogP contribution < -0.4 is 5.32 Å². The van der Waals surface area contributed by atoms with E-state index in [0.29, 0.717) is 19.4 Å². The SMILES string of the molecule is O=C(Cc1ccc(Br)cc1)C1CCNC1=O. The van der Waals surface area contributed by atoms with Gasteiger partial charge in [-0.25, -0.2) is 0 Å². The first-order valence-corrected chi connectivity index (χ1v) is 6.01. The number of ketones is 1. The molecule has 1 saturated heterocycles. The number of hydrogen-bond donors (Lipinski definition) is 1. The Morgan fingerprint density at radius 2 is 2.06 bits per heavy atom. The van der Waals surface area contributed by atoms with Crippen LogP contribution in [0.15, 0.2) is 28.7 Å². The molecule has 1 amide bonds. The van der Waals surface area contributed by atoms with E-state index in [4.69, 9.17) is 0 Å². The molecule has 1 atom stereocenters. The summed E-state index contributed by atoms with van der Waals surface area (Å²) in [5.74, 6) is -0.553. The third-order valence-electron chi connectivity index (χ3n) is 2.73. The Morgan fingerprint density at radius 3 is 2.62 bits per heavy atom. The summed E-state index contributed by atoms with van der Waals surface area (Å²) in [6.45, 7) is 0.621. The number of Topliss-reactive ketones (excluding diaryl/α,β-unsaturated/α-hetero) is 1. The van der Waals surface area contributed by atoms with Gasteiger partial charge < -0.3 is 5.32 Å². The van der Waals surface area contributed by atoms with Crippen LogP contribution in [0.3, 0.4) is 0 Å². The fourth-order valence-electron chi connectivity index (χ4n) is 1.83. The standard InChI is InChI=1S/C12H12BrNO2/c13-9-3-1-8(2-4-9)7-11(15)10-5-6-14-12(10)16/h1-4,10H,5-7H2,(H,14,16). The van der Waals surface area contributed by atoms with E-state index in [1.807, 2.05) is 24.3 Å². The predicted octanol–water partition coefficient (Wildman–Crippen LogP) is 1.70. The van der Waals surface area contributed by atoms with Crippen molar-refractivity contribution in [2.75, 3.05) is 6.54 Å². The fraction of sp³-hybridized carbons (Fsp3) is 0.333. The van der Waals surface area contributed by atoms with Gasteiger partial charge in [0.2, 0.25) is 5.91 Å². The van der Waals surface area contributed by atoms with Crippen LogP contribution in [-0.4, -0.2) is 18.2 Å². The topological polar surface area (TPSA) is 46.2 Å². The number of rotatable bonds is 3. The van der Waals surface area contributed by atoms with Crippen molar-refractivity contribution in [3.8, 4) is 0 Å². The number of benzene rings is 1. The number of carbonyl (C=O) groups excluding carboxylic acids is 2. The first-order valence-electron chi connectivity index (χ1n) is 5.21. The van der Waals surface area contributed by atoms with Gasteiger partial charge in [-0.05, 0) is 24.1 Å². The molecule has 84 valence electrons. The fourth-order valence-corrected chi connectivity index (χ4v) is 2.09. The Balaban J connectivity index is 2.02. The molecule has 1 aliphatic heterocycles. The highest BCUT2D eigenvalue weighted by atomic mass is 79.9. The van der Waals surface area contributed by atoms with E-state index in [9.17, 15) is 9.59 Å². The normalized spacial score (nSPS) is 19.6. The molecule has 0 radical (unpaired) electrons. The summed E-state index contributed by atoms with van der Waals surface area (Å²) in [4.78, 5) is 23.2. The first-order chi connectivity index (χ1) is 7.66. The smallest absolute Gasteiger partial charge is 0.230 e. The van der Waals surface area contributed by atoms with Crippen molar-refractivity contribution in [2.24, 2.45) is 5.92 Å². The molecule has 1 aliphatic rings. The summed E-state index contributed by atoms with van der Waals surface area (Å²) in [7, 11) is 0. The molecule has 1 heterocycles. The molecule has 1 fully saturated rings. The summed E-state index contributed by atoms with van der Waals surface area (Å²) >= 11 is 3.34. The zero-order chi connectivity index (χ0) is 11.5. The Labute approximate surface area is 102 Å². The van der Waals surface area contributed by atoms with E-state index in [1.54, 1.807) is 0 Å². The maximum atomic E-state index is 11.8. The van der Waals surface area contributed by atoms with E-state index in [1.165, 1.54) is 0 Å². The zero-order valence-electron chi connectivity index (χ0n) is 8.70. The number of nitrogens with one attached hydrogen (secondary N) is 1. The van der Waals surface area contributed by atoms with Crippen LogP contribution in [0, 0.1) is 5.92 Å². The van der Waals surface area contributed by atoms with Crippen molar-refractivity contribution >= 4 is 27.6 Å². The third kappa shape index (κ3) is 2.50. The summed E-state index contributed by atoms with van der Waals surface area (Å²) in [5, 5.41) is 2.68. The summed E-state index contributed by atoms with van der Waals surface area (Å²) in [5.41, 5.74) is 0.952. The lowest BCUT2D eigenvalue weighted by Crippen LogP contribution is -2.26. The second-order valence-corrected chi connectivity index (χ2v) is 4.82. The van der Waals surface area contributed by atoms with Gasteiger partial charge in [-0.1, -0.05) is 28.1 Å². The maximum absolute atomic E-state index is 11.8. The highest BCUT2D eigenvalue weighted by Gasteiger charge is 2.30. The van der Waals surface area contributed by atoms with Crippen LogP contribution in [0.2, 0.25) is 0 Å². The second-order valence-electron chi connectivity index (χ2n) is 3.90. The van der Waals surface area contributed by atoms with Crippen LogP contribution in [0.4, 0.5) is 0 Å². The highest BCUT2D eigenvalue weighted by molar-refractivity contribution is 9.10. The van der Waals surface area contributed by atoms with Crippen LogP contribution in [0.25, 0.3) is 0 Å². The Morgan fingerprint density at radius 1 is 1.38 bits per heavy atom. The second kappa shape index (κ2) is 4.78. The number of hydrogen-bond acceptors (Lipinski definition) is 2. The Kier molecular flexibility index (Phi) is 3.39. The minimum atomic E-state index is -0.441. The minimum absolute atomic E-state index is 0.0114. The lowest BCUT2D eigenvalue weighted by molar-refractivity contribution is -0.131. The molecule has 16 heavy (non-hydrogen) atoms. The Hall–Kier alpha value is -1.16. The number of carbonyl (C=O) groups is 2. The first kappa shape index (κ1) is 11.3. The lowest BCUT2D eigenvalue weighted by atomic mass is 9.97. The van der Waals surface area contributed by atoms with Gasteiger partial charge in [-0.2, -0.15) is 0 Å². The van der Waals surface area contributed by atoms with Gasteiger partial charge >= 0.3 is 0 Å². The molecule has 0 aromatic heterocycles. The highest BCUT2D eigenvalue weighted by Crippen LogP contribution is 2.16. The molecule has 3 nitrogen and oxygen atoms in total. The average Bonchev–Trinajstić information content (AvgIpc) is 2.68. The van der Waals surface area contributed by atoms with Gasteiger partial charge in [0.05, 0.1) is 5.92 Å². The van der Waals surface area contributed by atoms with E-state index in [2.05, 4.69) is 21.2 Å². The number of amides is 1. The summed E-state index contributed by atoms with van der Waals surface area (Å²) < 4.78 is 0.988. The van der Waals surface area contributed by atoms with Gasteiger partial charge in [0.1, 0.15) is 5.78 Å². The van der Waals surface area contributed by atoms with Crippen molar-refractivity contribution in [1.82, 2.24) is 5.32 Å². The zero-order valence-corrected chi connectivity index (χ0v) is 10.3. The van der Waals surface area contributed by atoms with Crippen LogP contribution in [0.5, 0.6) is 0 Å². The van der Waals surface area contributed by atoms with Crippen molar-refractivity contribution in [1.29, 1.82) is 0 Å². The molecule has 1 aromatic carbocycles. The van der Waals surface area contributed by atoms with Crippen molar-refractivity contribution in [3.63, 3.8) is 0 Å². The molecule has 1 aromatic rings. The van der Waals surface area contributed by atoms with Gasteiger partial charge in [-0.3, -0.25) is 9.59 Å². The van der Waals surface area contributed by atoms with Gasteiger partial charge in [0.15, 0.2) is 0 Å². The molecule has 0 spiro atoms. The molecule has 1 N–H and O–H groups in total. The lowest BCUT2D eigenvalue weighted by Gasteiger charge is -2.05. The molecule has 2 rings (SSSR count). The molecular formula is C12H12BrNO2. The van der Waals surface area contributed by atoms with Crippen LogP contribution >= 0.6 is 15.9 Å². The summed E-state index contributed by atoms with van der Waals surface area (Å²) in [6.07, 6.45) is 0.972. The van der Waals surface area contributed by atoms with Gasteiger partial charge in [0.25, 0.3) is 0 Å². The number of halogens is 1. The molecular weight excluding hydrogens is 270 g/mol. The van der Waals surface area contributed by atoms with Crippen LogP contribution in [0.1, 0.15) is 12.0 Å². The molecule has 0 bridgehead atoms. The van der Waals surface area contributed by atoms with Gasteiger partial charge in [-0.15, -0.1) is 0 Å². The maximum Gasteiger partial charge on any atom is 0.230 e. The molecule has 1 unspecified atom stereocenters. The monoisotopic (exact) mass is 281 g/mol. The average molecular weight is 282 g/mol. The summed E-state index contributed by atoms with van der Waals surface area (Å²) in [6, 6.07) is 7.60. The van der Waals surface area contributed by atoms with Crippen molar-refractivity contribution in [2.45, 2.75) is 12.8 Å².